The first-order chi connectivity index (χ1) is 13.2. The van der Waals surface area contributed by atoms with Crippen molar-refractivity contribution in [2.24, 2.45) is 0 Å². The standard InChI is InChI=1S/C20H20N6O/c1-14-11-18(25-19(23-14)15-5-4-8-21-12-15)24-16-7-10-26(13-16)20(27)17-6-2-3-9-22-17/h2-6,8-9,11-12,16H,7,10,13H2,1H3,(H,23,24,25). The van der Waals surface area contributed by atoms with Crippen molar-refractivity contribution in [3.8, 4) is 11.4 Å². The van der Waals surface area contributed by atoms with Crippen LogP contribution < -0.4 is 5.32 Å². The fraction of sp³-hybridized carbons (Fsp3) is 0.250. The summed E-state index contributed by atoms with van der Waals surface area (Å²) >= 11 is 0. The van der Waals surface area contributed by atoms with Crippen LogP contribution in [0.5, 0.6) is 0 Å². The lowest BCUT2D eigenvalue weighted by molar-refractivity contribution is 0.0786. The normalized spacial score (nSPS) is 16.3. The van der Waals surface area contributed by atoms with E-state index < -0.39 is 0 Å². The molecule has 1 aliphatic rings. The van der Waals surface area contributed by atoms with Gasteiger partial charge in [0.1, 0.15) is 11.5 Å². The van der Waals surface area contributed by atoms with Crippen LogP contribution in [0.1, 0.15) is 22.6 Å². The van der Waals surface area contributed by atoms with E-state index in [1.165, 1.54) is 0 Å². The molecule has 27 heavy (non-hydrogen) atoms. The summed E-state index contributed by atoms with van der Waals surface area (Å²) in [5.41, 5.74) is 2.24. The number of nitrogens with zero attached hydrogens (tertiary/aromatic N) is 5. The maximum Gasteiger partial charge on any atom is 0.272 e. The number of carbonyl (C=O) groups is 1. The lowest BCUT2D eigenvalue weighted by Gasteiger charge is -2.17. The van der Waals surface area contributed by atoms with E-state index in [1.54, 1.807) is 24.7 Å². The fourth-order valence-corrected chi connectivity index (χ4v) is 3.19. The summed E-state index contributed by atoms with van der Waals surface area (Å²) in [6.07, 6.45) is 5.98. The molecule has 1 N–H and O–H groups in total. The third kappa shape index (κ3) is 3.92. The van der Waals surface area contributed by atoms with Crippen molar-refractivity contribution >= 4 is 11.7 Å². The number of aromatic nitrogens is 4. The first-order valence-electron chi connectivity index (χ1n) is 8.92. The number of carbonyl (C=O) groups excluding carboxylic acids is 1. The third-order valence-electron chi connectivity index (χ3n) is 4.49. The van der Waals surface area contributed by atoms with E-state index in [0.29, 0.717) is 24.6 Å². The quantitative estimate of drug-likeness (QED) is 0.770. The van der Waals surface area contributed by atoms with Crippen molar-refractivity contribution in [2.45, 2.75) is 19.4 Å². The van der Waals surface area contributed by atoms with Crippen molar-refractivity contribution in [3.63, 3.8) is 0 Å². The molecule has 0 bridgehead atoms. The monoisotopic (exact) mass is 360 g/mol. The molecule has 0 aliphatic carbocycles. The molecule has 3 aromatic heterocycles. The Morgan fingerprint density at radius 2 is 2.11 bits per heavy atom. The third-order valence-corrected chi connectivity index (χ3v) is 4.49. The number of rotatable bonds is 4. The van der Waals surface area contributed by atoms with Crippen molar-refractivity contribution in [2.75, 3.05) is 18.4 Å². The van der Waals surface area contributed by atoms with E-state index in [1.807, 2.05) is 42.2 Å². The topological polar surface area (TPSA) is 83.9 Å². The van der Waals surface area contributed by atoms with Gasteiger partial charge in [0.2, 0.25) is 0 Å². The smallest absolute Gasteiger partial charge is 0.272 e. The number of hydrogen-bond donors (Lipinski definition) is 1. The number of hydrogen-bond acceptors (Lipinski definition) is 6. The SMILES string of the molecule is Cc1cc(NC2CCN(C(=O)c3ccccn3)C2)nc(-c2cccnc2)n1. The number of nitrogens with one attached hydrogen (secondary N) is 1. The summed E-state index contributed by atoms with van der Waals surface area (Å²) < 4.78 is 0. The van der Waals surface area contributed by atoms with Gasteiger partial charge in [-0.2, -0.15) is 0 Å². The molecule has 0 saturated carbocycles. The lowest BCUT2D eigenvalue weighted by atomic mass is 10.2. The van der Waals surface area contributed by atoms with Gasteiger partial charge < -0.3 is 10.2 Å². The average Bonchev–Trinajstić information content (AvgIpc) is 3.17. The van der Waals surface area contributed by atoms with Crippen LogP contribution in [0.4, 0.5) is 5.82 Å². The zero-order valence-electron chi connectivity index (χ0n) is 15.0. The first-order valence-corrected chi connectivity index (χ1v) is 8.92. The Labute approximate surface area is 157 Å². The van der Waals surface area contributed by atoms with Gasteiger partial charge in [-0.3, -0.25) is 14.8 Å². The van der Waals surface area contributed by atoms with Gasteiger partial charge in [-0.1, -0.05) is 6.07 Å². The minimum absolute atomic E-state index is 0.0326. The molecule has 7 nitrogen and oxygen atoms in total. The summed E-state index contributed by atoms with van der Waals surface area (Å²) in [7, 11) is 0. The Morgan fingerprint density at radius 3 is 2.89 bits per heavy atom. The molecule has 4 rings (SSSR count). The van der Waals surface area contributed by atoms with Crippen molar-refractivity contribution in [3.05, 3.63) is 66.4 Å². The average molecular weight is 360 g/mol. The fourth-order valence-electron chi connectivity index (χ4n) is 3.19. The molecule has 1 unspecified atom stereocenters. The van der Waals surface area contributed by atoms with Crippen LogP contribution in [0.15, 0.2) is 55.0 Å². The zero-order valence-corrected chi connectivity index (χ0v) is 15.0. The van der Waals surface area contributed by atoms with E-state index in [0.717, 1.165) is 23.5 Å². The number of anilines is 1. The Balaban J connectivity index is 1.46. The maximum atomic E-state index is 12.5. The summed E-state index contributed by atoms with van der Waals surface area (Å²) in [6.45, 7) is 3.27. The Morgan fingerprint density at radius 1 is 1.19 bits per heavy atom. The molecule has 1 fully saturated rings. The van der Waals surface area contributed by atoms with Crippen LogP contribution in [0.25, 0.3) is 11.4 Å². The van der Waals surface area contributed by atoms with Gasteiger partial charge >= 0.3 is 0 Å². The minimum Gasteiger partial charge on any atom is -0.365 e. The number of amides is 1. The molecule has 1 atom stereocenters. The Hall–Kier alpha value is -3.35. The van der Waals surface area contributed by atoms with E-state index in [9.17, 15) is 4.79 Å². The van der Waals surface area contributed by atoms with Gasteiger partial charge in [0, 0.05) is 55.0 Å². The minimum atomic E-state index is -0.0326. The van der Waals surface area contributed by atoms with E-state index in [-0.39, 0.29) is 11.9 Å². The predicted octanol–water partition coefficient (Wildman–Crippen LogP) is 2.57. The Bertz CT molecular complexity index is 932. The molecule has 136 valence electrons. The first kappa shape index (κ1) is 17.1. The summed E-state index contributed by atoms with van der Waals surface area (Å²) in [5, 5.41) is 3.44. The molecule has 0 aromatic carbocycles. The molecule has 4 heterocycles. The summed E-state index contributed by atoms with van der Waals surface area (Å²) in [6, 6.07) is 11.3. The zero-order chi connectivity index (χ0) is 18.6. The van der Waals surface area contributed by atoms with E-state index >= 15 is 0 Å². The van der Waals surface area contributed by atoms with Gasteiger partial charge in [0.05, 0.1) is 0 Å². The maximum absolute atomic E-state index is 12.5. The highest BCUT2D eigenvalue weighted by molar-refractivity contribution is 5.92. The lowest BCUT2D eigenvalue weighted by Crippen LogP contribution is -2.32. The van der Waals surface area contributed by atoms with Crippen LogP contribution in [0, 0.1) is 6.92 Å². The molecule has 0 radical (unpaired) electrons. The largest absolute Gasteiger partial charge is 0.365 e. The van der Waals surface area contributed by atoms with Crippen molar-refractivity contribution in [1.29, 1.82) is 0 Å². The van der Waals surface area contributed by atoms with E-state index in [2.05, 4.69) is 25.3 Å². The van der Waals surface area contributed by atoms with Crippen LogP contribution >= 0.6 is 0 Å². The van der Waals surface area contributed by atoms with Crippen LogP contribution in [-0.4, -0.2) is 49.9 Å². The van der Waals surface area contributed by atoms with Gasteiger partial charge in [0.15, 0.2) is 5.82 Å². The molecule has 3 aromatic rings. The highest BCUT2D eigenvalue weighted by atomic mass is 16.2. The number of likely N-dealkylation sites (tertiary alicyclic amines) is 1. The molecule has 0 spiro atoms. The molecule has 1 aliphatic heterocycles. The van der Waals surface area contributed by atoms with Crippen molar-refractivity contribution in [1.82, 2.24) is 24.8 Å². The van der Waals surface area contributed by atoms with E-state index in [4.69, 9.17) is 0 Å². The molecular formula is C20H20N6O. The second-order valence-electron chi connectivity index (χ2n) is 6.56. The highest BCUT2D eigenvalue weighted by Crippen LogP contribution is 2.20. The summed E-state index contributed by atoms with van der Waals surface area (Å²) in [4.78, 5) is 31.8. The molecule has 1 amide bonds. The molecular weight excluding hydrogens is 340 g/mol. The van der Waals surface area contributed by atoms with Crippen LogP contribution in [0.2, 0.25) is 0 Å². The van der Waals surface area contributed by atoms with Crippen molar-refractivity contribution < 1.29 is 4.79 Å². The number of aryl methyl sites for hydroxylation is 1. The van der Waals surface area contributed by atoms with Gasteiger partial charge in [-0.15, -0.1) is 0 Å². The van der Waals surface area contributed by atoms with Gasteiger partial charge in [-0.05, 0) is 37.6 Å². The summed E-state index contributed by atoms with van der Waals surface area (Å²) in [5.74, 6) is 1.37. The highest BCUT2D eigenvalue weighted by Gasteiger charge is 2.27. The van der Waals surface area contributed by atoms with Crippen LogP contribution in [-0.2, 0) is 0 Å². The van der Waals surface area contributed by atoms with Crippen LogP contribution in [0.3, 0.4) is 0 Å². The molecule has 7 heteroatoms. The Kier molecular flexibility index (Phi) is 4.74. The van der Waals surface area contributed by atoms with Gasteiger partial charge in [-0.25, -0.2) is 9.97 Å². The molecule has 1 saturated heterocycles. The number of pyridine rings is 2. The second-order valence-corrected chi connectivity index (χ2v) is 6.56. The van der Waals surface area contributed by atoms with Gasteiger partial charge in [0.25, 0.3) is 5.91 Å². The predicted molar refractivity (Wildman–Crippen MR) is 102 cm³/mol. The second kappa shape index (κ2) is 7.49.